The predicted molar refractivity (Wildman–Crippen MR) is 141 cm³/mol. The molecule has 2 aromatic carbocycles. The Balaban J connectivity index is 1.53. The quantitative estimate of drug-likeness (QED) is 0.454. The van der Waals surface area contributed by atoms with E-state index in [-0.39, 0.29) is 30.0 Å². The lowest BCUT2D eigenvalue weighted by molar-refractivity contribution is -0.145. The van der Waals surface area contributed by atoms with Gasteiger partial charge in [0, 0.05) is 11.5 Å². The zero-order valence-corrected chi connectivity index (χ0v) is 22.3. The number of fused-ring (bicyclic) bond motifs is 4. The van der Waals surface area contributed by atoms with Crippen LogP contribution < -0.4 is 4.90 Å². The number of phenolic OH excluding ortho intramolecular Hbond substituents is 1. The monoisotopic (exact) mass is 530 g/mol. The van der Waals surface area contributed by atoms with Crippen LogP contribution >= 0.6 is 0 Å². The maximum Gasteiger partial charge on any atom is 0.241 e. The van der Waals surface area contributed by atoms with Gasteiger partial charge in [0.25, 0.3) is 0 Å². The zero-order chi connectivity index (χ0) is 28.0. The number of carbonyl (C=O) groups is 4. The average molecular weight is 531 g/mol. The fourth-order valence-electron chi connectivity index (χ4n) is 7.58. The molecular formula is C31H31FN2O5. The number of aromatic hydroxyl groups is 1. The molecule has 2 aliphatic heterocycles. The number of carbonyl (C=O) groups excluding carboxylic acids is 4. The number of rotatable bonds is 2. The van der Waals surface area contributed by atoms with Gasteiger partial charge in [-0.15, -0.1) is 0 Å². The van der Waals surface area contributed by atoms with Crippen molar-refractivity contribution in [2.45, 2.75) is 52.0 Å². The van der Waals surface area contributed by atoms with E-state index in [2.05, 4.69) is 0 Å². The highest BCUT2D eigenvalue weighted by Crippen LogP contribution is 2.63. The maximum absolute atomic E-state index is 14.7. The van der Waals surface area contributed by atoms with Gasteiger partial charge in [-0.05, 0) is 76.3 Å². The first-order valence-electron chi connectivity index (χ1n) is 13.4. The van der Waals surface area contributed by atoms with Crippen molar-refractivity contribution in [1.82, 2.24) is 4.90 Å². The average Bonchev–Trinajstić information content (AvgIpc) is 3.26. The first kappa shape index (κ1) is 25.5. The topological polar surface area (TPSA) is 95.0 Å². The van der Waals surface area contributed by atoms with Crippen LogP contribution in [0.2, 0.25) is 0 Å². The van der Waals surface area contributed by atoms with Crippen molar-refractivity contribution in [2.24, 2.45) is 29.1 Å². The minimum atomic E-state index is -1.25. The summed E-state index contributed by atoms with van der Waals surface area (Å²) < 4.78 is 14.7. The molecule has 3 fully saturated rings. The molecule has 2 saturated heterocycles. The van der Waals surface area contributed by atoms with Crippen LogP contribution in [0, 0.1) is 34.9 Å². The molecule has 7 nitrogen and oxygen atoms in total. The second kappa shape index (κ2) is 8.34. The van der Waals surface area contributed by atoms with E-state index < -0.39 is 52.1 Å². The molecule has 39 heavy (non-hydrogen) atoms. The molecule has 2 aliphatic carbocycles. The number of allylic oxidation sites excluding steroid dienone is 2. The van der Waals surface area contributed by atoms with E-state index in [1.54, 1.807) is 43.3 Å². The second-order valence-corrected chi connectivity index (χ2v) is 12.4. The normalized spacial score (nSPS) is 32.2. The van der Waals surface area contributed by atoms with Crippen molar-refractivity contribution < 1.29 is 28.7 Å². The third-order valence-electron chi connectivity index (χ3n) is 9.26. The molecule has 0 spiro atoms. The van der Waals surface area contributed by atoms with Gasteiger partial charge in [0.1, 0.15) is 0 Å². The van der Waals surface area contributed by atoms with Gasteiger partial charge in [0.2, 0.25) is 23.6 Å². The molecule has 4 aliphatic rings. The van der Waals surface area contributed by atoms with Crippen molar-refractivity contribution in [2.75, 3.05) is 4.90 Å². The van der Waals surface area contributed by atoms with Gasteiger partial charge >= 0.3 is 0 Å². The number of para-hydroxylation sites is 1. The molecule has 8 heteroatoms. The van der Waals surface area contributed by atoms with E-state index >= 15 is 0 Å². The molecule has 202 valence electrons. The Morgan fingerprint density at radius 2 is 1.64 bits per heavy atom. The third-order valence-corrected chi connectivity index (χ3v) is 9.26. The summed E-state index contributed by atoms with van der Waals surface area (Å²) in [5, 5.41) is 9.90. The number of amides is 4. The fraction of sp³-hybridized carbons (Fsp3) is 0.419. The largest absolute Gasteiger partial charge is 0.505 e. The predicted octanol–water partition coefficient (Wildman–Crippen LogP) is 4.56. The van der Waals surface area contributed by atoms with Crippen LogP contribution in [-0.2, 0) is 19.2 Å². The molecule has 6 rings (SSSR count). The summed E-state index contributed by atoms with van der Waals surface area (Å²) >= 11 is 0. The summed E-state index contributed by atoms with van der Waals surface area (Å²) in [6, 6.07) is 12.8. The van der Waals surface area contributed by atoms with Crippen molar-refractivity contribution in [3.8, 4) is 5.75 Å². The Hall–Kier alpha value is -3.81. The van der Waals surface area contributed by atoms with Crippen molar-refractivity contribution in [3.63, 3.8) is 0 Å². The van der Waals surface area contributed by atoms with Gasteiger partial charge in [0.05, 0.1) is 28.9 Å². The molecule has 0 aromatic heterocycles. The lowest BCUT2D eigenvalue weighted by Crippen LogP contribution is -2.49. The highest BCUT2D eigenvalue weighted by molar-refractivity contribution is 6.24. The first-order chi connectivity index (χ1) is 18.4. The maximum atomic E-state index is 14.7. The number of anilines is 1. The minimum Gasteiger partial charge on any atom is -0.505 e. The van der Waals surface area contributed by atoms with Crippen molar-refractivity contribution in [1.29, 1.82) is 0 Å². The molecule has 0 bridgehead atoms. The molecule has 2 heterocycles. The number of likely N-dealkylation sites (tertiary alicyclic amines) is 1. The van der Waals surface area contributed by atoms with Crippen LogP contribution in [0.1, 0.15) is 52.0 Å². The molecule has 4 amide bonds. The number of hydrogen-bond donors (Lipinski definition) is 1. The lowest BCUT2D eigenvalue weighted by Gasteiger charge is -2.49. The smallest absolute Gasteiger partial charge is 0.241 e. The van der Waals surface area contributed by atoms with E-state index in [0.717, 1.165) is 5.57 Å². The molecule has 0 radical (unpaired) electrons. The molecule has 6 atom stereocenters. The van der Waals surface area contributed by atoms with Crippen LogP contribution in [0.15, 0.2) is 60.2 Å². The van der Waals surface area contributed by atoms with E-state index in [9.17, 15) is 28.7 Å². The SMILES string of the molecule is CC12C(=O)N(c3ccccc3)C(=O)C1CC1C(=CCC3C(=O)N(C(C)(C)C)C(=O)C31)C2c1ccc(O)c(F)c1. The van der Waals surface area contributed by atoms with Gasteiger partial charge in [-0.3, -0.25) is 24.1 Å². The second-order valence-electron chi connectivity index (χ2n) is 12.4. The van der Waals surface area contributed by atoms with Gasteiger partial charge in [-0.25, -0.2) is 9.29 Å². The van der Waals surface area contributed by atoms with E-state index in [1.165, 1.54) is 21.9 Å². The molecule has 1 N–H and O–H groups in total. The Labute approximate surface area is 226 Å². The number of benzene rings is 2. The molecule has 1 saturated carbocycles. The van der Waals surface area contributed by atoms with Crippen LogP contribution in [0.4, 0.5) is 10.1 Å². The number of halogens is 1. The van der Waals surface area contributed by atoms with E-state index in [1.807, 2.05) is 26.8 Å². The van der Waals surface area contributed by atoms with Gasteiger partial charge in [-0.1, -0.05) is 35.9 Å². The summed E-state index contributed by atoms with van der Waals surface area (Å²) in [6.07, 6.45) is 2.50. The summed E-state index contributed by atoms with van der Waals surface area (Å²) in [6.45, 7) is 7.23. The van der Waals surface area contributed by atoms with Crippen LogP contribution in [0.3, 0.4) is 0 Å². The Kier molecular flexibility index (Phi) is 5.45. The first-order valence-corrected chi connectivity index (χ1v) is 13.4. The fourth-order valence-corrected chi connectivity index (χ4v) is 7.58. The van der Waals surface area contributed by atoms with Crippen molar-refractivity contribution >= 4 is 29.3 Å². The third kappa shape index (κ3) is 3.39. The van der Waals surface area contributed by atoms with Crippen LogP contribution in [0.5, 0.6) is 5.75 Å². The molecule has 2 aromatic rings. The van der Waals surface area contributed by atoms with Gasteiger partial charge in [-0.2, -0.15) is 0 Å². The summed E-state index contributed by atoms with van der Waals surface area (Å²) in [7, 11) is 0. The summed E-state index contributed by atoms with van der Waals surface area (Å²) in [5.74, 6) is -5.69. The Morgan fingerprint density at radius 3 is 2.28 bits per heavy atom. The number of nitrogens with zero attached hydrogens (tertiary/aromatic N) is 2. The highest BCUT2D eigenvalue weighted by Gasteiger charge is 2.68. The number of phenols is 1. The van der Waals surface area contributed by atoms with Gasteiger partial charge < -0.3 is 5.11 Å². The zero-order valence-electron chi connectivity index (χ0n) is 22.3. The highest BCUT2D eigenvalue weighted by atomic mass is 19.1. The van der Waals surface area contributed by atoms with E-state index in [0.29, 0.717) is 17.7 Å². The van der Waals surface area contributed by atoms with Crippen LogP contribution in [-0.4, -0.2) is 39.2 Å². The standard InChI is InChI=1S/C31H31FN2O5/c1-30(2,3)34-26(36)19-12-11-18-20(24(19)28(34)38)15-21-27(37)33(17-8-6-5-7-9-17)29(39)31(21,4)25(18)16-10-13-23(35)22(32)14-16/h5-11,13-14,19-21,24-25,35H,12,15H2,1-4H3. The van der Waals surface area contributed by atoms with E-state index in [4.69, 9.17) is 0 Å². The molecular weight excluding hydrogens is 499 g/mol. The number of hydrogen-bond acceptors (Lipinski definition) is 5. The van der Waals surface area contributed by atoms with Crippen LogP contribution in [0.25, 0.3) is 0 Å². The van der Waals surface area contributed by atoms with Gasteiger partial charge in [0.15, 0.2) is 11.6 Å². The Bertz CT molecular complexity index is 1460. The molecule has 6 unspecified atom stereocenters. The summed E-state index contributed by atoms with van der Waals surface area (Å²) in [5.41, 5.74) is -0.251. The lowest BCUT2D eigenvalue weighted by atomic mass is 9.51. The Morgan fingerprint density at radius 1 is 0.949 bits per heavy atom. The minimum absolute atomic E-state index is 0.215. The number of imide groups is 2. The van der Waals surface area contributed by atoms with Crippen molar-refractivity contribution in [3.05, 3.63) is 71.6 Å². The summed E-state index contributed by atoms with van der Waals surface area (Å²) in [4.78, 5) is 58.0.